The molecule has 0 aliphatic carbocycles. The number of amides is 2. The lowest BCUT2D eigenvalue weighted by molar-refractivity contribution is -0.136. The molecule has 1 heterocycles. The van der Waals surface area contributed by atoms with E-state index in [9.17, 15) is 22.8 Å². The van der Waals surface area contributed by atoms with Crippen molar-refractivity contribution in [2.75, 3.05) is 10.6 Å². The number of alkyl halides is 3. The molecule has 0 bridgehead atoms. The molecule has 0 aliphatic rings. The van der Waals surface area contributed by atoms with Crippen LogP contribution in [0.4, 0.5) is 29.3 Å². The van der Waals surface area contributed by atoms with Gasteiger partial charge in [0.15, 0.2) is 0 Å². The first-order chi connectivity index (χ1) is 15.2. The van der Waals surface area contributed by atoms with Crippen LogP contribution in [0.2, 0.25) is 0 Å². The largest absolute Gasteiger partial charge is 0.418 e. The molecule has 162 valence electrons. The number of carbonyl (C=O) groups excluding carboxylic acids is 1. The zero-order valence-corrected chi connectivity index (χ0v) is 16.8. The molecule has 1 aromatic heterocycles. The standard InChI is InChI=1S/C23H17F3N4O2/c1-14-27-19-8-4-2-6-17(19)21(31)30(14)16-12-10-15(11-13-16)28-22(32)29-20-9-5-3-7-18(20)23(24,25)26/h2-13H,1H3,(H2,28,29,32). The molecule has 4 aromatic rings. The molecule has 3 aromatic carbocycles. The Labute approximate surface area is 180 Å². The third kappa shape index (κ3) is 4.18. The van der Waals surface area contributed by atoms with Gasteiger partial charge in [-0.3, -0.25) is 9.36 Å². The number of urea groups is 1. The van der Waals surface area contributed by atoms with Crippen LogP contribution in [0.5, 0.6) is 0 Å². The summed E-state index contributed by atoms with van der Waals surface area (Å²) >= 11 is 0. The molecule has 9 heteroatoms. The molecule has 0 spiro atoms. The smallest absolute Gasteiger partial charge is 0.308 e. The number of nitrogens with one attached hydrogen (secondary N) is 2. The summed E-state index contributed by atoms with van der Waals surface area (Å²) in [5.74, 6) is 0.496. The molecule has 0 aliphatic heterocycles. The van der Waals surface area contributed by atoms with Gasteiger partial charge in [0.2, 0.25) is 0 Å². The Kier molecular flexibility index (Phi) is 5.40. The summed E-state index contributed by atoms with van der Waals surface area (Å²) < 4.78 is 40.7. The molecule has 6 nitrogen and oxygen atoms in total. The van der Waals surface area contributed by atoms with E-state index in [0.717, 1.165) is 6.07 Å². The predicted molar refractivity (Wildman–Crippen MR) is 116 cm³/mol. The number of fused-ring (bicyclic) bond motifs is 1. The van der Waals surface area contributed by atoms with E-state index in [-0.39, 0.29) is 11.2 Å². The highest BCUT2D eigenvalue weighted by atomic mass is 19.4. The predicted octanol–water partition coefficient (Wildman–Crippen LogP) is 5.36. The summed E-state index contributed by atoms with van der Waals surface area (Å²) in [5, 5.41) is 5.18. The van der Waals surface area contributed by atoms with Gasteiger partial charge in [0, 0.05) is 5.69 Å². The zero-order chi connectivity index (χ0) is 22.9. The van der Waals surface area contributed by atoms with Crippen LogP contribution in [0.3, 0.4) is 0 Å². The Bertz CT molecular complexity index is 1360. The second-order valence-electron chi connectivity index (χ2n) is 6.99. The Hall–Kier alpha value is -4.14. The summed E-state index contributed by atoms with van der Waals surface area (Å²) in [6, 6.07) is 17.2. The van der Waals surface area contributed by atoms with Crippen LogP contribution in [-0.2, 0) is 6.18 Å². The van der Waals surface area contributed by atoms with E-state index in [1.54, 1.807) is 55.5 Å². The minimum Gasteiger partial charge on any atom is -0.308 e. The number of anilines is 2. The van der Waals surface area contributed by atoms with Crippen LogP contribution >= 0.6 is 0 Å². The van der Waals surface area contributed by atoms with Crippen LogP contribution < -0.4 is 16.2 Å². The lowest BCUT2D eigenvalue weighted by atomic mass is 10.1. The minimum atomic E-state index is -4.59. The number of aryl methyl sites for hydroxylation is 1. The van der Waals surface area contributed by atoms with Crippen LogP contribution in [0.1, 0.15) is 11.4 Å². The van der Waals surface area contributed by atoms with Gasteiger partial charge in [0.1, 0.15) is 5.82 Å². The molecule has 0 radical (unpaired) electrons. The number of carbonyl (C=O) groups is 1. The molecule has 2 amide bonds. The van der Waals surface area contributed by atoms with Crippen molar-refractivity contribution in [1.82, 2.24) is 9.55 Å². The molecular formula is C23H17F3N4O2. The van der Waals surface area contributed by atoms with Crippen LogP contribution in [0, 0.1) is 6.92 Å². The number of para-hydroxylation sites is 2. The summed E-state index contributed by atoms with van der Waals surface area (Å²) in [6.45, 7) is 1.71. The Morgan fingerprint density at radius 3 is 2.28 bits per heavy atom. The van der Waals surface area contributed by atoms with Crippen molar-refractivity contribution in [1.29, 1.82) is 0 Å². The highest BCUT2D eigenvalue weighted by molar-refractivity contribution is 6.00. The van der Waals surface area contributed by atoms with Gasteiger partial charge >= 0.3 is 12.2 Å². The number of nitrogens with zero attached hydrogens (tertiary/aromatic N) is 2. The number of rotatable bonds is 3. The summed E-state index contributed by atoms with van der Waals surface area (Å²) in [4.78, 5) is 29.5. The quantitative estimate of drug-likeness (QED) is 0.452. The monoisotopic (exact) mass is 438 g/mol. The number of halogens is 3. The molecule has 0 saturated heterocycles. The second-order valence-corrected chi connectivity index (χ2v) is 6.99. The maximum absolute atomic E-state index is 13.1. The number of benzene rings is 3. The van der Waals surface area contributed by atoms with E-state index in [0.29, 0.717) is 28.1 Å². The molecule has 2 N–H and O–H groups in total. The number of hydrogen-bond acceptors (Lipinski definition) is 3. The average Bonchev–Trinajstić information content (AvgIpc) is 2.74. The van der Waals surface area contributed by atoms with Gasteiger partial charge in [-0.1, -0.05) is 24.3 Å². The van der Waals surface area contributed by atoms with Gasteiger partial charge in [-0.05, 0) is 55.5 Å². The second kappa shape index (κ2) is 8.18. The van der Waals surface area contributed by atoms with E-state index in [1.165, 1.54) is 22.8 Å². The van der Waals surface area contributed by atoms with Gasteiger partial charge in [-0.2, -0.15) is 13.2 Å². The number of hydrogen-bond donors (Lipinski definition) is 2. The van der Waals surface area contributed by atoms with Crippen molar-refractivity contribution in [2.45, 2.75) is 13.1 Å². The van der Waals surface area contributed by atoms with Gasteiger partial charge in [-0.25, -0.2) is 9.78 Å². The van der Waals surface area contributed by atoms with E-state index in [2.05, 4.69) is 15.6 Å². The normalized spacial score (nSPS) is 11.4. The topological polar surface area (TPSA) is 76.0 Å². The molecular weight excluding hydrogens is 421 g/mol. The fourth-order valence-electron chi connectivity index (χ4n) is 3.37. The van der Waals surface area contributed by atoms with E-state index >= 15 is 0 Å². The summed E-state index contributed by atoms with van der Waals surface area (Å²) in [6.07, 6.45) is -4.59. The maximum Gasteiger partial charge on any atom is 0.418 e. The van der Waals surface area contributed by atoms with Crippen LogP contribution in [-0.4, -0.2) is 15.6 Å². The van der Waals surface area contributed by atoms with Gasteiger partial charge in [-0.15, -0.1) is 0 Å². The first-order valence-corrected chi connectivity index (χ1v) is 9.57. The maximum atomic E-state index is 13.1. The molecule has 4 rings (SSSR count). The average molecular weight is 438 g/mol. The third-order valence-electron chi connectivity index (χ3n) is 4.81. The fourth-order valence-corrected chi connectivity index (χ4v) is 3.37. The van der Waals surface area contributed by atoms with E-state index in [4.69, 9.17) is 0 Å². The van der Waals surface area contributed by atoms with Crippen molar-refractivity contribution in [3.05, 3.63) is 94.5 Å². The van der Waals surface area contributed by atoms with Crippen LogP contribution in [0.25, 0.3) is 16.6 Å². The highest BCUT2D eigenvalue weighted by Gasteiger charge is 2.33. The molecule has 0 saturated carbocycles. The number of aromatic nitrogens is 2. The minimum absolute atomic E-state index is 0.227. The first kappa shape index (κ1) is 21.1. The molecule has 0 fully saturated rings. The Morgan fingerprint density at radius 1 is 0.906 bits per heavy atom. The van der Waals surface area contributed by atoms with Crippen molar-refractivity contribution < 1.29 is 18.0 Å². The lowest BCUT2D eigenvalue weighted by Crippen LogP contribution is -2.23. The van der Waals surface area contributed by atoms with Crippen molar-refractivity contribution >= 4 is 28.3 Å². The molecule has 0 atom stereocenters. The van der Waals surface area contributed by atoms with E-state index < -0.39 is 17.8 Å². The molecule has 32 heavy (non-hydrogen) atoms. The van der Waals surface area contributed by atoms with Gasteiger partial charge < -0.3 is 10.6 Å². The van der Waals surface area contributed by atoms with Crippen molar-refractivity contribution in [3.63, 3.8) is 0 Å². The fraction of sp³-hybridized carbons (Fsp3) is 0.0870. The van der Waals surface area contributed by atoms with Gasteiger partial charge in [0.25, 0.3) is 5.56 Å². The van der Waals surface area contributed by atoms with Crippen LogP contribution in [0.15, 0.2) is 77.6 Å². The summed E-state index contributed by atoms with van der Waals surface area (Å²) in [7, 11) is 0. The highest BCUT2D eigenvalue weighted by Crippen LogP contribution is 2.34. The Balaban J connectivity index is 1.55. The first-order valence-electron chi connectivity index (χ1n) is 9.57. The van der Waals surface area contributed by atoms with Gasteiger partial charge in [0.05, 0.1) is 27.8 Å². The summed E-state index contributed by atoms with van der Waals surface area (Å²) in [5.41, 5.74) is -0.0346. The Morgan fingerprint density at radius 2 is 1.56 bits per heavy atom. The van der Waals surface area contributed by atoms with Crippen molar-refractivity contribution in [2.24, 2.45) is 0 Å². The van der Waals surface area contributed by atoms with E-state index in [1.807, 2.05) is 0 Å². The molecule has 0 unspecified atom stereocenters. The SMILES string of the molecule is Cc1nc2ccccc2c(=O)n1-c1ccc(NC(=O)Nc2ccccc2C(F)(F)F)cc1. The van der Waals surface area contributed by atoms with Crippen molar-refractivity contribution in [3.8, 4) is 5.69 Å². The third-order valence-corrected chi connectivity index (χ3v) is 4.81. The lowest BCUT2D eigenvalue weighted by Gasteiger charge is -2.14. The zero-order valence-electron chi connectivity index (χ0n) is 16.8.